The lowest BCUT2D eigenvalue weighted by Gasteiger charge is -2.37. The highest BCUT2D eigenvalue weighted by atomic mass is 16.5. The number of aromatic nitrogens is 1. The van der Waals surface area contributed by atoms with Gasteiger partial charge in [0, 0.05) is 38.9 Å². The van der Waals surface area contributed by atoms with Crippen molar-refractivity contribution in [1.29, 1.82) is 0 Å². The first-order chi connectivity index (χ1) is 14.7. The minimum absolute atomic E-state index is 0.736. The van der Waals surface area contributed by atoms with Crippen molar-refractivity contribution in [2.24, 2.45) is 0 Å². The molecular formula is C25H33N3O2. The highest BCUT2D eigenvalue weighted by Gasteiger charge is 2.34. The zero-order valence-electron chi connectivity index (χ0n) is 18.0. The van der Waals surface area contributed by atoms with Crippen LogP contribution in [-0.2, 0) is 0 Å². The zero-order chi connectivity index (χ0) is 20.8. The molecule has 1 saturated heterocycles. The lowest BCUT2D eigenvalue weighted by atomic mass is 9.76. The Kier molecular flexibility index (Phi) is 6.70. The Morgan fingerprint density at radius 1 is 1.07 bits per heavy atom. The number of rotatable bonds is 6. The average Bonchev–Trinajstić information content (AvgIpc) is 2.81. The Labute approximate surface area is 180 Å². The minimum atomic E-state index is -0.736. The Bertz CT molecular complexity index is 838. The van der Waals surface area contributed by atoms with Gasteiger partial charge in [-0.15, -0.1) is 0 Å². The van der Waals surface area contributed by atoms with Gasteiger partial charge in [-0.05, 0) is 48.2 Å². The number of ether oxygens (including phenoxy) is 1. The lowest BCUT2D eigenvalue weighted by molar-refractivity contribution is 0.0610. The van der Waals surface area contributed by atoms with Crippen LogP contribution in [0, 0.1) is 0 Å². The Hall–Kier alpha value is -2.37. The van der Waals surface area contributed by atoms with E-state index in [1.807, 2.05) is 30.5 Å². The fourth-order valence-corrected chi connectivity index (χ4v) is 4.69. The molecule has 0 bridgehead atoms. The number of nitrogens with zero attached hydrogens (tertiary/aromatic N) is 3. The highest BCUT2D eigenvalue weighted by Crippen LogP contribution is 2.40. The van der Waals surface area contributed by atoms with E-state index in [9.17, 15) is 5.11 Å². The molecule has 2 aromatic rings. The summed E-state index contributed by atoms with van der Waals surface area (Å²) in [6.45, 7) is 4.80. The van der Waals surface area contributed by atoms with Crippen molar-refractivity contribution in [1.82, 2.24) is 9.88 Å². The van der Waals surface area contributed by atoms with Crippen molar-refractivity contribution in [3.63, 3.8) is 0 Å². The summed E-state index contributed by atoms with van der Waals surface area (Å²) in [6, 6.07) is 14.2. The summed E-state index contributed by atoms with van der Waals surface area (Å²) in [7, 11) is 1.69. The van der Waals surface area contributed by atoms with E-state index < -0.39 is 5.60 Å². The third-order valence-corrected chi connectivity index (χ3v) is 6.46. The Morgan fingerprint density at radius 2 is 1.87 bits per heavy atom. The van der Waals surface area contributed by atoms with E-state index in [4.69, 9.17) is 4.74 Å². The van der Waals surface area contributed by atoms with Crippen molar-refractivity contribution < 1.29 is 9.84 Å². The molecule has 1 saturated carbocycles. The molecule has 2 fully saturated rings. The Balaban J connectivity index is 1.48. The third-order valence-electron chi connectivity index (χ3n) is 6.46. The van der Waals surface area contributed by atoms with Gasteiger partial charge in [0.2, 0.25) is 0 Å². The molecule has 1 aliphatic heterocycles. The summed E-state index contributed by atoms with van der Waals surface area (Å²) >= 11 is 0. The number of anilines is 1. The van der Waals surface area contributed by atoms with E-state index in [1.165, 1.54) is 6.42 Å². The SMILES string of the molecule is COc1cccc(C(=CCN2CCN(c3ccccn3)CC2)C2(O)CCCCC2)c1. The van der Waals surface area contributed by atoms with E-state index in [1.54, 1.807) is 7.11 Å². The maximum Gasteiger partial charge on any atom is 0.128 e. The first-order valence-corrected chi connectivity index (χ1v) is 11.1. The minimum Gasteiger partial charge on any atom is -0.497 e. The second kappa shape index (κ2) is 9.63. The van der Waals surface area contributed by atoms with E-state index >= 15 is 0 Å². The second-order valence-electron chi connectivity index (χ2n) is 8.42. The van der Waals surface area contributed by atoms with Crippen molar-refractivity contribution in [3.05, 3.63) is 60.3 Å². The molecule has 0 atom stereocenters. The molecule has 5 nitrogen and oxygen atoms in total. The van der Waals surface area contributed by atoms with Crippen LogP contribution in [-0.4, -0.2) is 60.4 Å². The highest BCUT2D eigenvalue weighted by molar-refractivity contribution is 5.73. The van der Waals surface area contributed by atoms with E-state index in [2.05, 4.69) is 39.1 Å². The summed E-state index contributed by atoms with van der Waals surface area (Å²) < 4.78 is 5.44. The second-order valence-corrected chi connectivity index (χ2v) is 8.42. The molecule has 1 aliphatic carbocycles. The van der Waals surface area contributed by atoms with Gasteiger partial charge in [-0.3, -0.25) is 4.90 Å². The van der Waals surface area contributed by atoms with Gasteiger partial charge in [0.05, 0.1) is 12.7 Å². The Morgan fingerprint density at radius 3 is 2.57 bits per heavy atom. The molecule has 4 rings (SSSR count). The maximum absolute atomic E-state index is 11.5. The van der Waals surface area contributed by atoms with Crippen molar-refractivity contribution >= 4 is 11.4 Å². The van der Waals surface area contributed by atoms with E-state index in [-0.39, 0.29) is 0 Å². The van der Waals surface area contributed by atoms with Crippen LogP contribution in [0.4, 0.5) is 5.82 Å². The largest absolute Gasteiger partial charge is 0.497 e. The summed E-state index contributed by atoms with van der Waals surface area (Å²) in [5.74, 6) is 1.89. The summed E-state index contributed by atoms with van der Waals surface area (Å²) in [4.78, 5) is 9.29. The van der Waals surface area contributed by atoms with Gasteiger partial charge in [-0.25, -0.2) is 4.98 Å². The third kappa shape index (κ3) is 4.85. The van der Waals surface area contributed by atoms with Crippen molar-refractivity contribution in [2.45, 2.75) is 37.7 Å². The molecule has 1 N–H and O–H groups in total. The zero-order valence-corrected chi connectivity index (χ0v) is 18.0. The molecule has 1 aromatic carbocycles. The van der Waals surface area contributed by atoms with Crippen LogP contribution in [0.3, 0.4) is 0 Å². The molecule has 0 spiro atoms. The molecule has 160 valence electrons. The monoisotopic (exact) mass is 407 g/mol. The number of hydrogen-bond donors (Lipinski definition) is 1. The van der Waals surface area contributed by atoms with Gasteiger partial charge in [-0.2, -0.15) is 0 Å². The van der Waals surface area contributed by atoms with Gasteiger partial charge in [0.1, 0.15) is 11.6 Å². The molecule has 2 heterocycles. The molecule has 0 amide bonds. The van der Waals surface area contributed by atoms with E-state index in [0.29, 0.717) is 0 Å². The van der Waals surface area contributed by atoms with Gasteiger partial charge in [-0.1, -0.05) is 43.5 Å². The van der Waals surface area contributed by atoms with Gasteiger partial charge in [0.25, 0.3) is 0 Å². The van der Waals surface area contributed by atoms with Crippen LogP contribution < -0.4 is 9.64 Å². The fourth-order valence-electron chi connectivity index (χ4n) is 4.69. The number of methoxy groups -OCH3 is 1. The van der Waals surface area contributed by atoms with Gasteiger partial charge in [0.15, 0.2) is 0 Å². The number of hydrogen-bond acceptors (Lipinski definition) is 5. The number of pyridine rings is 1. The molecule has 2 aliphatic rings. The normalized spacial score (nSPS) is 20.2. The standard InChI is InChI=1S/C25H33N3O2/c1-30-22-9-7-8-21(20-22)23(25(29)12-4-2-5-13-25)11-15-27-16-18-28(19-17-27)24-10-3-6-14-26-24/h3,6-11,14,20,29H,2,4-5,12-13,15-19H2,1H3. The van der Waals surface area contributed by atoms with Gasteiger partial charge >= 0.3 is 0 Å². The summed E-state index contributed by atoms with van der Waals surface area (Å²) in [5.41, 5.74) is 1.40. The van der Waals surface area contributed by atoms with Crippen molar-refractivity contribution in [2.75, 3.05) is 44.7 Å². The molecule has 0 radical (unpaired) electrons. The molecule has 30 heavy (non-hydrogen) atoms. The predicted octanol–water partition coefficient (Wildman–Crippen LogP) is 3.99. The van der Waals surface area contributed by atoms with Crippen LogP contribution in [0.25, 0.3) is 5.57 Å². The molecule has 1 aromatic heterocycles. The molecular weight excluding hydrogens is 374 g/mol. The summed E-state index contributed by atoms with van der Waals surface area (Å²) in [5, 5.41) is 11.5. The van der Waals surface area contributed by atoms with Crippen LogP contribution in [0.5, 0.6) is 5.75 Å². The quantitative estimate of drug-likeness (QED) is 0.785. The maximum atomic E-state index is 11.5. The average molecular weight is 408 g/mol. The van der Waals surface area contributed by atoms with Crippen LogP contribution in [0.1, 0.15) is 37.7 Å². The van der Waals surface area contributed by atoms with Crippen LogP contribution >= 0.6 is 0 Å². The van der Waals surface area contributed by atoms with Crippen molar-refractivity contribution in [3.8, 4) is 5.75 Å². The predicted molar refractivity (Wildman–Crippen MR) is 122 cm³/mol. The first kappa shape index (κ1) is 20.9. The smallest absolute Gasteiger partial charge is 0.128 e. The molecule has 0 unspecified atom stereocenters. The van der Waals surface area contributed by atoms with Crippen LogP contribution in [0.15, 0.2) is 54.7 Å². The lowest BCUT2D eigenvalue weighted by Crippen LogP contribution is -2.46. The van der Waals surface area contributed by atoms with Gasteiger partial charge < -0.3 is 14.7 Å². The van der Waals surface area contributed by atoms with Crippen LogP contribution in [0.2, 0.25) is 0 Å². The first-order valence-electron chi connectivity index (χ1n) is 11.1. The number of aliphatic hydroxyl groups is 1. The fraction of sp³-hybridized carbons (Fsp3) is 0.480. The topological polar surface area (TPSA) is 48.8 Å². The summed E-state index contributed by atoms with van der Waals surface area (Å²) in [6.07, 6.45) is 9.17. The molecule has 5 heteroatoms. The number of piperazine rings is 1. The van der Waals surface area contributed by atoms with E-state index in [0.717, 1.165) is 81.1 Å². The number of benzene rings is 1.